The minimum Gasteiger partial charge on any atom is -0.373 e. The number of rotatable bonds is 7. The molecule has 1 heterocycles. The molecule has 25 heavy (non-hydrogen) atoms. The molecule has 0 radical (unpaired) electrons. The Morgan fingerprint density at radius 3 is 2.44 bits per heavy atom. The highest BCUT2D eigenvalue weighted by atomic mass is 16.6. The van der Waals surface area contributed by atoms with Crippen molar-refractivity contribution in [2.24, 2.45) is 5.73 Å². The van der Waals surface area contributed by atoms with Crippen LogP contribution in [0.25, 0.3) is 0 Å². The summed E-state index contributed by atoms with van der Waals surface area (Å²) in [4.78, 5) is 0. The van der Waals surface area contributed by atoms with Crippen molar-refractivity contribution in [3.05, 3.63) is 71.8 Å². The molecule has 5 heteroatoms. The van der Waals surface area contributed by atoms with Gasteiger partial charge in [0.15, 0.2) is 6.29 Å². The van der Waals surface area contributed by atoms with Crippen molar-refractivity contribution in [2.75, 3.05) is 6.61 Å². The third-order valence-corrected chi connectivity index (χ3v) is 4.24. The van der Waals surface area contributed by atoms with E-state index < -0.39 is 6.29 Å². The minimum atomic E-state index is -0.966. The van der Waals surface area contributed by atoms with Gasteiger partial charge in [0.25, 0.3) is 0 Å². The zero-order chi connectivity index (χ0) is 17.5. The monoisotopic (exact) mass is 343 g/mol. The number of hydrogen-bond acceptors (Lipinski definition) is 5. The predicted molar refractivity (Wildman–Crippen MR) is 94.5 cm³/mol. The Balaban J connectivity index is 1.47. The third kappa shape index (κ3) is 5.63. The van der Waals surface area contributed by atoms with Crippen molar-refractivity contribution in [1.29, 1.82) is 0 Å². The number of nitrogens with two attached hydrogens (primary N) is 1. The molecular weight excluding hydrogens is 318 g/mol. The lowest BCUT2D eigenvalue weighted by Crippen LogP contribution is -2.43. The van der Waals surface area contributed by atoms with Crippen LogP contribution in [0.15, 0.2) is 60.7 Å². The molecule has 0 spiro atoms. The van der Waals surface area contributed by atoms with Crippen LogP contribution in [0.1, 0.15) is 30.3 Å². The zero-order valence-electron chi connectivity index (χ0n) is 14.2. The van der Waals surface area contributed by atoms with E-state index in [4.69, 9.17) is 19.9 Å². The Hall–Kier alpha value is -1.76. The summed E-state index contributed by atoms with van der Waals surface area (Å²) in [5.74, 6) is 0. The SMILES string of the molecule is NC1CC(OCc2ccccc2)CC(COC(O)c2ccccc2)O1. The van der Waals surface area contributed by atoms with E-state index in [2.05, 4.69) is 0 Å². The van der Waals surface area contributed by atoms with Crippen molar-refractivity contribution in [3.8, 4) is 0 Å². The standard InChI is InChI=1S/C20H25NO4/c21-19-12-17(23-13-15-7-3-1-4-8-15)11-18(25-19)14-24-20(22)16-9-5-2-6-10-16/h1-10,17-20,22H,11-14,21H2. The van der Waals surface area contributed by atoms with E-state index in [1.54, 1.807) is 0 Å². The summed E-state index contributed by atoms with van der Waals surface area (Å²) in [6.45, 7) is 0.827. The molecule has 3 rings (SSSR count). The Kier molecular flexibility index (Phi) is 6.55. The predicted octanol–water partition coefficient (Wildman–Crippen LogP) is 2.74. The van der Waals surface area contributed by atoms with E-state index in [-0.39, 0.29) is 25.0 Å². The molecule has 134 valence electrons. The largest absolute Gasteiger partial charge is 0.373 e. The van der Waals surface area contributed by atoms with E-state index >= 15 is 0 Å². The van der Waals surface area contributed by atoms with Gasteiger partial charge in [-0.15, -0.1) is 0 Å². The molecule has 0 bridgehead atoms. The summed E-state index contributed by atoms with van der Waals surface area (Å²) < 4.78 is 17.2. The molecule has 2 aromatic rings. The Morgan fingerprint density at radius 2 is 1.72 bits per heavy atom. The van der Waals surface area contributed by atoms with Crippen LogP contribution in [-0.2, 0) is 20.8 Å². The number of ether oxygens (including phenoxy) is 3. The van der Waals surface area contributed by atoms with E-state index in [1.165, 1.54) is 0 Å². The van der Waals surface area contributed by atoms with Crippen molar-refractivity contribution in [1.82, 2.24) is 0 Å². The maximum absolute atomic E-state index is 10.1. The normalized spacial score (nSPS) is 24.8. The van der Waals surface area contributed by atoms with Gasteiger partial charge in [0, 0.05) is 18.4 Å². The van der Waals surface area contributed by atoms with Crippen molar-refractivity contribution >= 4 is 0 Å². The molecule has 2 aromatic carbocycles. The second-order valence-corrected chi connectivity index (χ2v) is 6.28. The Morgan fingerprint density at radius 1 is 1.04 bits per heavy atom. The average molecular weight is 343 g/mol. The summed E-state index contributed by atoms with van der Waals surface area (Å²) in [7, 11) is 0. The van der Waals surface area contributed by atoms with Crippen molar-refractivity contribution in [2.45, 2.75) is 44.2 Å². The van der Waals surface area contributed by atoms with E-state index in [0.29, 0.717) is 19.4 Å². The molecule has 3 N–H and O–H groups in total. The van der Waals surface area contributed by atoms with Gasteiger partial charge in [-0.2, -0.15) is 0 Å². The first-order chi connectivity index (χ1) is 12.2. The first kappa shape index (κ1) is 18.0. The van der Waals surface area contributed by atoms with Crippen LogP contribution in [0, 0.1) is 0 Å². The first-order valence-corrected chi connectivity index (χ1v) is 8.62. The Labute approximate surface area is 148 Å². The number of aliphatic hydroxyl groups is 1. The van der Waals surface area contributed by atoms with Gasteiger partial charge in [-0.25, -0.2) is 0 Å². The highest BCUT2D eigenvalue weighted by molar-refractivity contribution is 5.15. The summed E-state index contributed by atoms with van der Waals surface area (Å²) in [5.41, 5.74) is 7.84. The summed E-state index contributed by atoms with van der Waals surface area (Å²) in [6, 6.07) is 19.3. The van der Waals surface area contributed by atoms with E-state index in [1.807, 2.05) is 60.7 Å². The first-order valence-electron chi connectivity index (χ1n) is 8.62. The molecule has 0 amide bonds. The quantitative estimate of drug-likeness (QED) is 0.756. The zero-order valence-corrected chi connectivity index (χ0v) is 14.2. The van der Waals surface area contributed by atoms with Gasteiger partial charge < -0.3 is 25.1 Å². The highest BCUT2D eigenvalue weighted by Crippen LogP contribution is 2.23. The maximum atomic E-state index is 10.1. The summed E-state index contributed by atoms with van der Waals surface area (Å²) in [6.07, 6.45) is -0.162. The average Bonchev–Trinajstić information content (AvgIpc) is 2.66. The number of benzene rings is 2. The smallest absolute Gasteiger partial charge is 0.181 e. The van der Waals surface area contributed by atoms with Crippen LogP contribution in [0.3, 0.4) is 0 Å². The molecule has 4 unspecified atom stereocenters. The third-order valence-electron chi connectivity index (χ3n) is 4.24. The van der Waals surface area contributed by atoms with Crippen molar-refractivity contribution in [3.63, 3.8) is 0 Å². The maximum Gasteiger partial charge on any atom is 0.181 e. The molecule has 4 atom stereocenters. The fourth-order valence-electron chi connectivity index (χ4n) is 2.95. The van der Waals surface area contributed by atoms with E-state index in [9.17, 15) is 5.11 Å². The van der Waals surface area contributed by atoms with Gasteiger partial charge in [-0.05, 0) is 5.56 Å². The van der Waals surface area contributed by atoms with Gasteiger partial charge in [0.2, 0.25) is 0 Å². The number of hydrogen-bond donors (Lipinski definition) is 2. The molecule has 1 aliphatic heterocycles. The lowest BCUT2D eigenvalue weighted by Gasteiger charge is -2.33. The molecule has 0 saturated carbocycles. The van der Waals surface area contributed by atoms with Gasteiger partial charge in [-0.1, -0.05) is 60.7 Å². The summed E-state index contributed by atoms with van der Waals surface area (Å²) in [5, 5.41) is 10.1. The number of aliphatic hydroxyl groups excluding tert-OH is 1. The topological polar surface area (TPSA) is 73.9 Å². The highest BCUT2D eigenvalue weighted by Gasteiger charge is 2.29. The van der Waals surface area contributed by atoms with Crippen LogP contribution in [-0.4, -0.2) is 30.1 Å². The van der Waals surface area contributed by atoms with Crippen LogP contribution < -0.4 is 5.73 Å². The van der Waals surface area contributed by atoms with Crippen LogP contribution >= 0.6 is 0 Å². The molecule has 0 aliphatic carbocycles. The minimum absolute atomic E-state index is 0.0198. The van der Waals surface area contributed by atoms with Crippen molar-refractivity contribution < 1.29 is 19.3 Å². The summed E-state index contributed by atoms with van der Waals surface area (Å²) >= 11 is 0. The van der Waals surface area contributed by atoms with Crippen LogP contribution in [0.5, 0.6) is 0 Å². The van der Waals surface area contributed by atoms with Crippen LogP contribution in [0.4, 0.5) is 0 Å². The lowest BCUT2D eigenvalue weighted by molar-refractivity contribution is -0.174. The van der Waals surface area contributed by atoms with Gasteiger partial charge in [0.1, 0.15) is 6.23 Å². The Bertz CT molecular complexity index is 622. The molecular formula is C20H25NO4. The fourth-order valence-corrected chi connectivity index (χ4v) is 2.95. The lowest BCUT2D eigenvalue weighted by atomic mass is 10.0. The van der Waals surface area contributed by atoms with Crippen LogP contribution in [0.2, 0.25) is 0 Å². The molecule has 1 aliphatic rings. The molecule has 5 nitrogen and oxygen atoms in total. The van der Waals surface area contributed by atoms with E-state index in [0.717, 1.165) is 11.1 Å². The van der Waals surface area contributed by atoms with Gasteiger partial charge >= 0.3 is 0 Å². The fraction of sp³-hybridized carbons (Fsp3) is 0.400. The molecule has 1 fully saturated rings. The molecule has 0 aromatic heterocycles. The second kappa shape index (κ2) is 9.08. The second-order valence-electron chi connectivity index (χ2n) is 6.28. The van der Waals surface area contributed by atoms with Gasteiger partial charge in [-0.3, -0.25) is 0 Å². The molecule has 1 saturated heterocycles. The van der Waals surface area contributed by atoms with Gasteiger partial charge in [0.05, 0.1) is 25.4 Å².